The minimum Gasteiger partial charge on any atom is -0.497 e. The number of fused-ring (bicyclic) bond motifs is 1. The Kier molecular flexibility index (Phi) is 3.85. The van der Waals surface area contributed by atoms with Gasteiger partial charge in [-0.1, -0.05) is 6.07 Å². The molecule has 0 saturated heterocycles. The van der Waals surface area contributed by atoms with E-state index in [-0.39, 0.29) is 5.56 Å². The largest absolute Gasteiger partial charge is 0.497 e. The maximum atomic E-state index is 11.2. The number of carboxylic acids is 1. The number of pyridine rings is 1. The Morgan fingerprint density at radius 2 is 1.96 bits per heavy atom. The number of methoxy groups -OCH3 is 1. The summed E-state index contributed by atoms with van der Waals surface area (Å²) in [5, 5.41) is 10.0. The summed E-state index contributed by atoms with van der Waals surface area (Å²) in [5.41, 5.74) is 1.55. The Labute approximate surface area is 133 Å². The molecule has 0 atom stereocenters. The first-order chi connectivity index (χ1) is 11.1. The fourth-order valence-corrected chi connectivity index (χ4v) is 2.39. The predicted octanol–water partition coefficient (Wildman–Crippen LogP) is 4.04. The highest BCUT2D eigenvalue weighted by molar-refractivity contribution is 5.90. The topological polar surface area (TPSA) is 68.7 Å². The van der Waals surface area contributed by atoms with E-state index in [1.165, 1.54) is 0 Å². The molecule has 23 heavy (non-hydrogen) atoms. The Morgan fingerprint density at radius 1 is 1.13 bits per heavy atom. The van der Waals surface area contributed by atoms with Crippen molar-refractivity contribution in [2.24, 2.45) is 0 Å². The number of aromatic nitrogens is 1. The molecular weight excluding hydrogens is 294 g/mol. The van der Waals surface area contributed by atoms with Crippen molar-refractivity contribution in [3.8, 4) is 17.2 Å². The van der Waals surface area contributed by atoms with Crippen LogP contribution in [0.5, 0.6) is 17.2 Å². The van der Waals surface area contributed by atoms with Crippen LogP contribution in [0.15, 0.2) is 48.7 Å². The van der Waals surface area contributed by atoms with Crippen molar-refractivity contribution in [3.05, 3.63) is 59.8 Å². The molecule has 5 nitrogen and oxygen atoms in total. The van der Waals surface area contributed by atoms with Gasteiger partial charge in [-0.05, 0) is 37.3 Å². The fourth-order valence-electron chi connectivity index (χ4n) is 2.39. The third kappa shape index (κ3) is 2.81. The van der Waals surface area contributed by atoms with Gasteiger partial charge in [-0.15, -0.1) is 0 Å². The van der Waals surface area contributed by atoms with Gasteiger partial charge in [0.2, 0.25) is 0 Å². The van der Waals surface area contributed by atoms with E-state index in [9.17, 15) is 9.90 Å². The minimum atomic E-state index is -0.975. The fraction of sp³-hybridized carbons (Fsp3) is 0.111. The van der Waals surface area contributed by atoms with Crippen LogP contribution >= 0.6 is 0 Å². The van der Waals surface area contributed by atoms with Crippen LogP contribution in [-0.4, -0.2) is 23.2 Å². The van der Waals surface area contributed by atoms with Crippen LogP contribution in [0, 0.1) is 6.92 Å². The van der Waals surface area contributed by atoms with Gasteiger partial charge in [0.1, 0.15) is 17.2 Å². The summed E-state index contributed by atoms with van der Waals surface area (Å²) in [5.74, 6) is 0.861. The van der Waals surface area contributed by atoms with E-state index in [1.54, 1.807) is 44.5 Å². The second kappa shape index (κ2) is 5.96. The summed E-state index contributed by atoms with van der Waals surface area (Å²) in [7, 11) is 1.60. The maximum absolute atomic E-state index is 11.2. The van der Waals surface area contributed by atoms with Crippen molar-refractivity contribution >= 4 is 16.9 Å². The highest BCUT2D eigenvalue weighted by Crippen LogP contribution is 2.33. The average molecular weight is 309 g/mol. The van der Waals surface area contributed by atoms with E-state index in [0.717, 1.165) is 10.9 Å². The summed E-state index contributed by atoms with van der Waals surface area (Å²) < 4.78 is 11.1. The number of rotatable bonds is 4. The smallest absolute Gasteiger partial charge is 0.336 e. The molecule has 0 amide bonds. The number of carbonyl (C=O) groups is 1. The van der Waals surface area contributed by atoms with Crippen molar-refractivity contribution in [2.75, 3.05) is 7.11 Å². The number of nitrogens with zero attached hydrogens (tertiary/aromatic N) is 1. The molecule has 116 valence electrons. The van der Waals surface area contributed by atoms with Gasteiger partial charge in [-0.2, -0.15) is 0 Å². The monoisotopic (exact) mass is 309 g/mol. The van der Waals surface area contributed by atoms with Gasteiger partial charge in [0.25, 0.3) is 0 Å². The molecule has 1 aromatic heterocycles. The van der Waals surface area contributed by atoms with Crippen LogP contribution in [0.4, 0.5) is 0 Å². The number of carboxylic acid groups (broad SMARTS) is 1. The molecule has 0 aliphatic rings. The zero-order valence-electron chi connectivity index (χ0n) is 12.7. The number of ether oxygens (including phenoxy) is 2. The van der Waals surface area contributed by atoms with E-state index < -0.39 is 5.97 Å². The van der Waals surface area contributed by atoms with Crippen molar-refractivity contribution in [3.63, 3.8) is 0 Å². The quantitative estimate of drug-likeness (QED) is 0.787. The van der Waals surface area contributed by atoms with Crippen molar-refractivity contribution in [1.29, 1.82) is 0 Å². The molecule has 0 radical (unpaired) electrons. The van der Waals surface area contributed by atoms with Crippen LogP contribution in [0.1, 0.15) is 15.9 Å². The van der Waals surface area contributed by atoms with Gasteiger partial charge in [-0.25, -0.2) is 4.79 Å². The molecular formula is C18H15NO4. The van der Waals surface area contributed by atoms with Gasteiger partial charge in [0.15, 0.2) is 0 Å². The molecule has 0 spiro atoms. The summed E-state index contributed by atoms with van der Waals surface area (Å²) >= 11 is 0. The third-order valence-corrected chi connectivity index (χ3v) is 3.64. The van der Waals surface area contributed by atoms with Gasteiger partial charge in [0.05, 0.1) is 18.2 Å². The third-order valence-electron chi connectivity index (χ3n) is 3.64. The molecule has 1 N–H and O–H groups in total. The first-order valence-electron chi connectivity index (χ1n) is 7.03. The number of aromatic carboxylic acids is 1. The highest BCUT2D eigenvalue weighted by Gasteiger charge is 2.13. The van der Waals surface area contributed by atoms with E-state index in [4.69, 9.17) is 9.47 Å². The maximum Gasteiger partial charge on any atom is 0.336 e. The molecule has 3 aromatic rings. The SMILES string of the molecule is COc1ccc2c(Oc3cccc(C(=O)O)c3C)ccnc2c1. The van der Waals surface area contributed by atoms with E-state index >= 15 is 0 Å². The van der Waals surface area contributed by atoms with Gasteiger partial charge in [-0.3, -0.25) is 4.98 Å². The number of hydrogen-bond donors (Lipinski definition) is 1. The summed E-state index contributed by atoms with van der Waals surface area (Å²) in [4.78, 5) is 15.5. The Balaban J connectivity index is 2.06. The van der Waals surface area contributed by atoms with Gasteiger partial charge in [0, 0.05) is 23.2 Å². The second-order valence-corrected chi connectivity index (χ2v) is 5.03. The zero-order chi connectivity index (χ0) is 16.4. The lowest BCUT2D eigenvalue weighted by atomic mass is 10.1. The van der Waals surface area contributed by atoms with Crippen molar-refractivity contribution < 1.29 is 19.4 Å². The Bertz CT molecular complexity index is 889. The second-order valence-electron chi connectivity index (χ2n) is 5.03. The molecule has 0 aliphatic carbocycles. The molecule has 5 heteroatoms. The molecule has 0 aliphatic heterocycles. The lowest BCUT2D eigenvalue weighted by molar-refractivity contribution is 0.0695. The Morgan fingerprint density at radius 3 is 2.70 bits per heavy atom. The molecule has 2 aromatic carbocycles. The van der Waals surface area contributed by atoms with Crippen molar-refractivity contribution in [2.45, 2.75) is 6.92 Å². The standard InChI is InChI=1S/C18H15NO4/c1-11-13(18(20)21)4-3-5-16(11)23-17-8-9-19-15-10-12(22-2)6-7-14(15)17/h3-10H,1-2H3,(H,20,21). The number of benzene rings is 2. The van der Waals surface area contributed by atoms with E-state index in [1.807, 2.05) is 18.2 Å². The zero-order valence-corrected chi connectivity index (χ0v) is 12.7. The molecule has 3 rings (SSSR count). The van der Waals surface area contributed by atoms with Crippen LogP contribution in [0.2, 0.25) is 0 Å². The lowest BCUT2D eigenvalue weighted by Crippen LogP contribution is -2.01. The minimum absolute atomic E-state index is 0.225. The molecule has 0 bridgehead atoms. The molecule has 0 fully saturated rings. The molecule has 1 heterocycles. The molecule has 0 unspecified atom stereocenters. The van der Waals surface area contributed by atoms with E-state index in [0.29, 0.717) is 22.8 Å². The summed E-state index contributed by atoms with van der Waals surface area (Å²) in [6.07, 6.45) is 1.65. The van der Waals surface area contributed by atoms with Gasteiger partial charge < -0.3 is 14.6 Å². The van der Waals surface area contributed by atoms with Crippen LogP contribution in [-0.2, 0) is 0 Å². The average Bonchev–Trinajstić information content (AvgIpc) is 2.56. The Hall–Kier alpha value is -3.08. The predicted molar refractivity (Wildman–Crippen MR) is 86.5 cm³/mol. The normalized spacial score (nSPS) is 10.5. The van der Waals surface area contributed by atoms with Gasteiger partial charge >= 0.3 is 5.97 Å². The highest BCUT2D eigenvalue weighted by atomic mass is 16.5. The van der Waals surface area contributed by atoms with Crippen LogP contribution < -0.4 is 9.47 Å². The van der Waals surface area contributed by atoms with Crippen LogP contribution in [0.25, 0.3) is 10.9 Å². The molecule has 0 saturated carbocycles. The van der Waals surface area contributed by atoms with Crippen LogP contribution in [0.3, 0.4) is 0 Å². The first-order valence-corrected chi connectivity index (χ1v) is 7.03. The van der Waals surface area contributed by atoms with E-state index in [2.05, 4.69) is 4.98 Å². The lowest BCUT2D eigenvalue weighted by Gasteiger charge is -2.12. The van der Waals surface area contributed by atoms with Crippen molar-refractivity contribution in [1.82, 2.24) is 4.98 Å². The number of hydrogen-bond acceptors (Lipinski definition) is 4. The summed E-state index contributed by atoms with van der Waals surface area (Å²) in [6, 6.07) is 12.2. The first kappa shape index (κ1) is 14.8. The summed E-state index contributed by atoms with van der Waals surface area (Å²) in [6.45, 7) is 1.73.